The van der Waals surface area contributed by atoms with Crippen molar-refractivity contribution in [2.75, 3.05) is 30.8 Å². The number of carbonyl (C=O) groups is 2. The summed E-state index contributed by atoms with van der Waals surface area (Å²) in [6.07, 6.45) is -3.92. The third-order valence-electron chi connectivity index (χ3n) is 6.81. The molecule has 4 aromatic rings. The molecular formula is C30H28F5N3O5S. The average molecular weight is 638 g/mol. The molecule has 0 spiro atoms. The summed E-state index contributed by atoms with van der Waals surface area (Å²) in [6.45, 7) is -0.307. The summed E-state index contributed by atoms with van der Waals surface area (Å²) in [5.41, 5.74) is 0.710. The molecule has 0 aliphatic rings. The molecule has 1 aromatic heterocycles. The molecule has 0 aliphatic heterocycles. The molecule has 0 unspecified atom stereocenters. The Hall–Kier alpha value is -4.46. The molecule has 44 heavy (non-hydrogen) atoms. The Bertz CT molecular complexity index is 1800. The summed E-state index contributed by atoms with van der Waals surface area (Å²) in [7, 11) is -2.64. The van der Waals surface area contributed by atoms with Crippen LogP contribution in [0.5, 0.6) is 0 Å². The third kappa shape index (κ3) is 6.85. The van der Waals surface area contributed by atoms with Crippen LogP contribution in [0, 0.1) is 5.82 Å². The topological polar surface area (TPSA) is 109 Å². The van der Waals surface area contributed by atoms with Crippen molar-refractivity contribution < 1.29 is 44.4 Å². The van der Waals surface area contributed by atoms with Gasteiger partial charge in [0.2, 0.25) is 10.0 Å². The van der Waals surface area contributed by atoms with E-state index in [0.717, 1.165) is 17.5 Å². The maximum absolute atomic E-state index is 13.7. The van der Waals surface area contributed by atoms with Gasteiger partial charge in [0, 0.05) is 41.7 Å². The van der Waals surface area contributed by atoms with Crippen LogP contribution in [-0.4, -0.2) is 59.0 Å². The van der Waals surface area contributed by atoms with E-state index < -0.39 is 46.5 Å². The molecule has 2 amide bonds. The summed E-state index contributed by atoms with van der Waals surface area (Å²) in [6, 6.07) is 11.3. The van der Waals surface area contributed by atoms with Crippen LogP contribution in [0.4, 0.5) is 27.6 Å². The summed E-state index contributed by atoms with van der Waals surface area (Å²) in [4.78, 5) is 25.8. The van der Waals surface area contributed by atoms with Gasteiger partial charge >= 0.3 is 6.18 Å². The first-order valence-electron chi connectivity index (χ1n) is 13.3. The monoisotopic (exact) mass is 637 g/mol. The zero-order valence-electron chi connectivity index (χ0n) is 23.8. The Morgan fingerprint density at radius 1 is 1.00 bits per heavy atom. The predicted molar refractivity (Wildman–Crippen MR) is 156 cm³/mol. The number of benzene rings is 3. The number of nitrogens with zero attached hydrogens (tertiary/aromatic N) is 1. The Labute approximate surface area is 249 Å². The molecule has 1 atom stereocenters. The molecule has 0 bridgehead atoms. The molecule has 8 nitrogen and oxygen atoms in total. The lowest BCUT2D eigenvalue weighted by atomic mass is 9.97. The molecular weight excluding hydrogens is 609 g/mol. The van der Waals surface area contributed by atoms with Gasteiger partial charge in [-0.05, 0) is 61.4 Å². The van der Waals surface area contributed by atoms with Crippen molar-refractivity contribution in [3.05, 3.63) is 77.6 Å². The van der Waals surface area contributed by atoms with Gasteiger partial charge in [-0.3, -0.25) is 18.3 Å². The Morgan fingerprint density at radius 2 is 1.68 bits per heavy atom. The van der Waals surface area contributed by atoms with Crippen molar-refractivity contribution in [3.8, 4) is 22.5 Å². The van der Waals surface area contributed by atoms with E-state index in [4.69, 9.17) is 4.42 Å². The van der Waals surface area contributed by atoms with E-state index in [0.29, 0.717) is 5.56 Å². The number of alkyl halides is 4. The lowest BCUT2D eigenvalue weighted by molar-refractivity contribution is -0.149. The number of amides is 2. The largest absolute Gasteiger partial charge is 0.455 e. The van der Waals surface area contributed by atoms with Gasteiger partial charge in [-0.15, -0.1) is 0 Å². The molecule has 234 valence electrons. The molecule has 3 aromatic carbocycles. The number of nitrogens with one attached hydrogen (secondary N) is 2. The number of furan rings is 1. The van der Waals surface area contributed by atoms with Crippen molar-refractivity contribution >= 4 is 38.5 Å². The van der Waals surface area contributed by atoms with E-state index in [1.54, 1.807) is 0 Å². The SMILES string of the molecule is CNC(=O)c1c(-c2ccc(F)cc2)oc2cc(N(CCCF)S(C)(=O)=O)c(-c3cccc(C(=O)N[C@H](C)C(F)(F)F)c3)cc12. The summed E-state index contributed by atoms with van der Waals surface area (Å²) in [5.74, 6) is -2.06. The molecule has 0 saturated heterocycles. The zero-order valence-corrected chi connectivity index (χ0v) is 24.6. The van der Waals surface area contributed by atoms with E-state index in [2.05, 4.69) is 5.32 Å². The highest BCUT2D eigenvalue weighted by Gasteiger charge is 2.37. The second-order valence-electron chi connectivity index (χ2n) is 9.95. The fourth-order valence-corrected chi connectivity index (χ4v) is 5.55. The second-order valence-corrected chi connectivity index (χ2v) is 11.9. The zero-order chi connectivity index (χ0) is 32.4. The van der Waals surface area contributed by atoms with Crippen LogP contribution in [0.2, 0.25) is 0 Å². The van der Waals surface area contributed by atoms with E-state index in [9.17, 15) is 40.0 Å². The minimum Gasteiger partial charge on any atom is -0.455 e. The molecule has 2 N–H and O–H groups in total. The number of hydrogen-bond donors (Lipinski definition) is 2. The van der Waals surface area contributed by atoms with Crippen LogP contribution in [0.1, 0.15) is 34.1 Å². The van der Waals surface area contributed by atoms with Crippen LogP contribution in [-0.2, 0) is 10.0 Å². The average Bonchev–Trinajstić information content (AvgIpc) is 3.34. The lowest BCUT2D eigenvalue weighted by Gasteiger charge is -2.25. The number of hydrogen-bond acceptors (Lipinski definition) is 5. The van der Waals surface area contributed by atoms with Crippen molar-refractivity contribution in [2.24, 2.45) is 0 Å². The number of fused-ring (bicyclic) bond motifs is 1. The van der Waals surface area contributed by atoms with Crippen molar-refractivity contribution in [3.63, 3.8) is 0 Å². The van der Waals surface area contributed by atoms with E-state index >= 15 is 0 Å². The van der Waals surface area contributed by atoms with Crippen molar-refractivity contribution in [2.45, 2.75) is 25.6 Å². The van der Waals surface area contributed by atoms with Crippen molar-refractivity contribution in [1.82, 2.24) is 10.6 Å². The first-order chi connectivity index (χ1) is 20.6. The van der Waals surface area contributed by atoms with Gasteiger partial charge < -0.3 is 15.1 Å². The summed E-state index contributed by atoms with van der Waals surface area (Å²) >= 11 is 0. The smallest absolute Gasteiger partial charge is 0.408 e. The van der Waals surface area contributed by atoms with Gasteiger partial charge in [0.05, 0.1) is 24.2 Å². The highest BCUT2D eigenvalue weighted by Crippen LogP contribution is 2.42. The second kappa shape index (κ2) is 12.6. The van der Waals surface area contributed by atoms with E-state index in [-0.39, 0.29) is 57.6 Å². The Balaban J connectivity index is 2.00. The molecule has 0 fully saturated rings. The molecule has 1 heterocycles. The lowest BCUT2D eigenvalue weighted by Crippen LogP contribution is -2.43. The number of carbonyl (C=O) groups excluding carboxylic acids is 2. The fraction of sp³-hybridized carbons (Fsp3) is 0.267. The van der Waals surface area contributed by atoms with Gasteiger partial charge in [0.15, 0.2) is 0 Å². The Kier molecular flexibility index (Phi) is 9.33. The summed E-state index contributed by atoms with van der Waals surface area (Å²) in [5, 5.41) is 4.63. The maximum atomic E-state index is 13.7. The van der Waals surface area contributed by atoms with Crippen LogP contribution in [0.25, 0.3) is 33.4 Å². The fourth-order valence-electron chi connectivity index (χ4n) is 4.58. The molecule has 14 heteroatoms. The van der Waals surface area contributed by atoms with Gasteiger partial charge in [0.1, 0.15) is 23.2 Å². The highest BCUT2D eigenvalue weighted by atomic mass is 32.2. The van der Waals surface area contributed by atoms with Gasteiger partial charge in [0.25, 0.3) is 11.8 Å². The standard InChI is InChI=1S/C30H28F5N3O5S/c1-17(30(33,34)35)37-28(39)20-7-4-6-19(14-20)22-15-23-25(16-24(22)38(13-5-12-31)44(3,41)42)43-27(26(23)29(40)36-2)18-8-10-21(32)11-9-18/h4,6-11,14-17H,5,12-13H2,1-3H3,(H,36,40)(H,37,39)/t17-/m1/s1. The van der Waals surface area contributed by atoms with Crippen molar-refractivity contribution in [1.29, 1.82) is 0 Å². The number of rotatable bonds is 10. The first kappa shape index (κ1) is 32.5. The summed E-state index contributed by atoms with van der Waals surface area (Å²) < 4.78 is 99.0. The minimum atomic E-state index is -4.68. The molecule has 4 rings (SSSR count). The minimum absolute atomic E-state index is 0.0116. The highest BCUT2D eigenvalue weighted by molar-refractivity contribution is 7.92. The first-order valence-corrected chi connectivity index (χ1v) is 15.1. The quantitative estimate of drug-likeness (QED) is 0.205. The van der Waals surface area contributed by atoms with Crippen LogP contribution in [0.15, 0.2) is 65.1 Å². The number of anilines is 1. The number of sulfonamides is 1. The van der Waals surface area contributed by atoms with Crippen LogP contribution in [0.3, 0.4) is 0 Å². The maximum Gasteiger partial charge on any atom is 0.408 e. The number of halogens is 5. The van der Waals surface area contributed by atoms with Gasteiger partial charge in [-0.2, -0.15) is 13.2 Å². The van der Waals surface area contributed by atoms with Gasteiger partial charge in [-0.25, -0.2) is 12.8 Å². The predicted octanol–water partition coefficient (Wildman–Crippen LogP) is 6.07. The van der Waals surface area contributed by atoms with E-state index in [1.807, 2.05) is 5.32 Å². The Morgan fingerprint density at radius 3 is 2.27 bits per heavy atom. The normalized spacial score (nSPS) is 12.6. The van der Waals surface area contributed by atoms with Crippen LogP contribution >= 0.6 is 0 Å². The van der Waals surface area contributed by atoms with Crippen LogP contribution < -0.4 is 14.9 Å². The molecule has 0 radical (unpaired) electrons. The third-order valence-corrected chi connectivity index (χ3v) is 7.98. The molecule has 0 aliphatic carbocycles. The van der Waals surface area contributed by atoms with Gasteiger partial charge in [-0.1, -0.05) is 12.1 Å². The van der Waals surface area contributed by atoms with E-state index in [1.165, 1.54) is 67.7 Å². The molecule has 0 saturated carbocycles.